The number of rotatable bonds is 3. The van der Waals surface area contributed by atoms with Crippen molar-refractivity contribution in [2.75, 3.05) is 0 Å². The van der Waals surface area contributed by atoms with Crippen molar-refractivity contribution in [3.8, 4) is 16.4 Å². The molecule has 5 rings (SSSR count). The molecule has 7 heteroatoms. The molecule has 1 amide bonds. The summed E-state index contributed by atoms with van der Waals surface area (Å²) in [5, 5.41) is 6.50. The largest absolute Gasteiger partial charge is 0.330 e. The van der Waals surface area contributed by atoms with Crippen LogP contribution in [-0.2, 0) is 0 Å². The molecule has 1 aromatic carbocycles. The van der Waals surface area contributed by atoms with E-state index in [1.165, 1.54) is 42.7 Å². The molecule has 0 spiro atoms. The number of benzene rings is 1. The van der Waals surface area contributed by atoms with Crippen LogP contribution in [0.2, 0.25) is 0 Å². The third-order valence-electron chi connectivity index (χ3n) is 6.17. The van der Waals surface area contributed by atoms with Crippen molar-refractivity contribution < 1.29 is 9.18 Å². The number of thiophene rings is 1. The number of nitrogens with zero attached hydrogens (tertiary/aromatic N) is 4. The van der Waals surface area contributed by atoms with E-state index in [4.69, 9.17) is 0 Å². The normalized spacial score (nSPS) is 23.9. The first-order valence-corrected chi connectivity index (χ1v) is 11.1. The molecule has 5 nitrogen and oxygen atoms in total. The fourth-order valence-electron chi connectivity index (χ4n) is 4.93. The third kappa shape index (κ3) is 3.27. The molecule has 2 aromatic heterocycles. The second-order valence-corrected chi connectivity index (χ2v) is 8.98. The van der Waals surface area contributed by atoms with Gasteiger partial charge in [-0.1, -0.05) is 25.0 Å². The highest BCUT2D eigenvalue weighted by Crippen LogP contribution is 2.40. The first-order chi connectivity index (χ1) is 14.1. The number of carbonyl (C=O) groups excluding carboxylic acids is 1. The fraction of sp³-hybridized carbons (Fsp3) is 0.409. The minimum atomic E-state index is -0.346. The van der Waals surface area contributed by atoms with Gasteiger partial charge in [0.05, 0.1) is 10.6 Å². The molecule has 1 saturated heterocycles. The second kappa shape index (κ2) is 7.37. The van der Waals surface area contributed by atoms with E-state index in [1.807, 2.05) is 22.4 Å². The predicted octanol–water partition coefficient (Wildman–Crippen LogP) is 4.93. The first kappa shape index (κ1) is 18.5. The summed E-state index contributed by atoms with van der Waals surface area (Å²) >= 11 is 1.52. The molecule has 29 heavy (non-hydrogen) atoms. The van der Waals surface area contributed by atoms with Crippen molar-refractivity contribution in [1.82, 2.24) is 19.7 Å². The van der Waals surface area contributed by atoms with Gasteiger partial charge >= 0.3 is 0 Å². The van der Waals surface area contributed by atoms with Crippen LogP contribution in [0.15, 0.2) is 41.8 Å². The van der Waals surface area contributed by atoms with Crippen LogP contribution in [0.1, 0.15) is 49.6 Å². The second-order valence-electron chi connectivity index (χ2n) is 8.04. The maximum Gasteiger partial charge on any atom is 0.294 e. The van der Waals surface area contributed by atoms with Crippen molar-refractivity contribution in [1.29, 1.82) is 0 Å². The quantitative estimate of drug-likeness (QED) is 0.615. The Bertz CT molecular complexity index is 1030. The monoisotopic (exact) mass is 410 g/mol. The smallest absolute Gasteiger partial charge is 0.294 e. The van der Waals surface area contributed by atoms with Crippen LogP contribution in [0.5, 0.6) is 0 Å². The molecule has 1 saturated carbocycles. The van der Waals surface area contributed by atoms with Gasteiger partial charge in [0.2, 0.25) is 5.82 Å². The number of hydrogen-bond donors (Lipinski definition) is 0. The van der Waals surface area contributed by atoms with Crippen molar-refractivity contribution in [2.24, 2.45) is 5.92 Å². The average Bonchev–Trinajstić information content (AvgIpc) is 3.44. The highest BCUT2D eigenvalue weighted by atomic mass is 32.1. The van der Waals surface area contributed by atoms with Crippen LogP contribution in [0.25, 0.3) is 16.4 Å². The Morgan fingerprint density at radius 2 is 2.07 bits per heavy atom. The molecule has 0 bridgehead atoms. The van der Waals surface area contributed by atoms with E-state index >= 15 is 0 Å². The van der Waals surface area contributed by atoms with Crippen LogP contribution in [0.4, 0.5) is 4.39 Å². The minimum Gasteiger partial charge on any atom is -0.330 e. The van der Waals surface area contributed by atoms with Gasteiger partial charge in [0, 0.05) is 12.1 Å². The van der Waals surface area contributed by atoms with E-state index in [2.05, 4.69) is 17.0 Å². The zero-order valence-corrected chi connectivity index (χ0v) is 17.1. The maximum atomic E-state index is 13.8. The molecular weight excluding hydrogens is 387 g/mol. The Labute approximate surface area is 173 Å². The highest BCUT2D eigenvalue weighted by molar-refractivity contribution is 7.13. The molecule has 2 fully saturated rings. The van der Waals surface area contributed by atoms with E-state index < -0.39 is 0 Å². The summed E-state index contributed by atoms with van der Waals surface area (Å²) in [6, 6.07) is 10.6. The van der Waals surface area contributed by atoms with Gasteiger partial charge in [-0.15, -0.1) is 16.4 Å². The van der Waals surface area contributed by atoms with Gasteiger partial charge in [0.1, 0.15) is 5.82 Å². The van der Waals surface area contributed by atoms with Gasteiger partial charge in [0.15, 0.2) is 5.82 Å². The summed E-state index contributed by atoms with van der Waals surface area (Å²) in [5.41, 5.74) is 0.560. The minimum absolute atomic E-state index is 0.111. The number of amides is 1. The summed E-state index contributed by atoms with van der Waals surface area (Å²) in [6.07, 6.45) is 5.74. The Morgan fingerprint density at radius 1 is 1.21 bits per heavy atom. The Hall–Kier alpha value is -2.54. The van der Waals surface area contributed by atoms with Crippen molar-refractivity contribution in [3.63, 3.8) is 0 Å². The number of likely N-dealkylation sites (tertiary alicyclic amines) is 1. The molecule has 1 aliphatic carbocycles. The summed E-state index contributed by atoms with van der Waals surface area (Å²) in [4.78, 5) is 21.0. The molecule has 3 unspecified atom stereocenters. The number of carbonyl (C=O) groups is 1. The number of fused-ring (bicyclic) bond motifs is 1. The van der Waals surface area contributed by atoms with Gasteiger partial charge in [-0.25, -0.2) is 14.1 Å². The van der Waals surface area contributed by atoms with Gasteiger partial charge in [-0.3, -0.25) is 4.79 Å². The zero-order chi connectivity index (χ0) is 20.0. The standard InChI is InChI=1S/C22H23FN4OS/c1-14-12-15-6-2-3-9-18(15)26(14)22(28)20-24-21(19-10-5-11-29-19)27(25-20)17-8-4-7-16(23)13-17/h4-5,7-8,10-11,13-15,18H,2-3,6,9,12H2,1H3. The van der Waals surface area contributed by atoms with Crippen molar-refractivity contribution >= 4 is 17.2 Å². The van der Waals surface area contributed by atoms with Crippen LogP contribution < -0.4 is 0 Å². The van der Waals surface area contributed by atoms with Crippen molar-refractivity contribution in [3.05, 3.63) is 53.4 Å². The Kier molecular flexibility index (Phi) is 4.70. The van der Waals surface area contributed by atoms with Gasteiger partial charge in [-0.2, -0.15) is 0 Å². The Balaban J connectivity index is 1.55. The molecule has 0 N–H and O–H groups in total. The lowest BCUT2D eigenvalue weighted by molar-refractivity contribution is 0.0621. The molecule has 3 heterocycles. The topological polar surface area (TPSA) is 51.0 Å². The summed E-state index contributed by atoms with van der Waals surface area (Å²) in [7, 11) is 0. The molecule has 150 valence electrons. The van der Waals surface area contributed by atoms with Crippen LogP contribution in [0.3, 0.4) is 0 Å². The molecular formula is C22H23FN4OS. The van der Waals surface area contributed by atoms with E-state index in [-0.39, 0.29) is 29.6 Å². The lowest BCUT2D eigenvalue weighted by atomic mass is 9.85. The van der Waals surface area contributed by atoms with Crippen LogP contribution >= 0.6 is 11.3 Å². The maximum absolute atomic E-state index is 13.8. The summed E-state index contributed by atoms with van der Waals surface area (Å²) in [5.74, 6) is 0.891. The average molecular weight is 411 g/mol. The first-order valence-electron chi connectivity index (χ1n) is 10.2. The van der Waals surface area contributed by atoms with E-state index in [0.717, 1.165) is 17.7 Å². The van der Waals surface area contributed by atoms with Crippen molar-refractivity contribution in [2.45, 2.75) is 51.1 Å². The lowest BCUT2D eigenvalue weighted by Crippen LogP contribution is -2.42. The zero-order valence-electron chi connectivity index (χ0n) is 16.3. The fourth-order valence-corrected chi connectivity index (χ4v) is 5.63. The molecule has 3 aromatic rings. The number of halogens is 1. The number of aromatic nitrogens is 3. The Morgan fingerprint density at radius 3 is 2.86 bits per heavy atom. The molecule has 0 radical (unpaired) electrons. The summed E-state index contributed by atoms with van der Waals surface area (Å²) in [6.45, 7) is 2.12. The van der Waals surface area contributed by atoms with Crippen LogP contribution in [0, 0.1) is 11.7 Å². The van der Waals surface area contributed by atoms with Gasteiger partial charge in [-0.05, 0) is 61.7 Å². The SMILES string of the molecule is CC1CC2CCCCC2N1C(=O)c1nc(-c2cccs2)n(-c2cccc(F)c2)n1. The van der Waals surface area contributed by atoms with E-state index in [1.54, 1.807) is 16.8 Å². The summed E-state index contributed by atoms with van der Waals surface area (Å²) < 4.78 is 15.4. The highest BCUT2D eigenvalue weighted by Gasteiger charge is 2.43. The van der Waals surface area contributed by atoms with E-state index in [9.17, 15) is 9.18 Å². The molecule has 3 atom stereocenters. The van der Waals surface area contributed by atoms with Gasteiger partial charge < -0.3 is 4.90 Å². The van der Waals surface area contributed by atoms with E-state index in [0.29, 0.717) is 17.4 Å². The van der Waals surface area contributed by atoms with Crippen LogP contribution in [-0.4, -0.2) is 37.7 Å². The molecule has 1 aliphatic heterocycles. The van der Waals surface area contributed by atoms with Gasteiger partial charge in [0.25, 0.3) is 5.91 Å². The predicted molar refractivity (Wildman–Crippen MR) is 111 cm³/mol. The third-order valence-corrected chi connectivity index (χ3v) is 7.04. The number of hydrogen-bond acceptors (Lipinski definition) is 4. The lowest BCUT2D eigenvalue weighted by Gasteiger charge is -2.32. The molecule has 2 aliphatic rings.